The van der Waals surface area contributed by atoms with Gasteiger partial charge in [0, 0.05) is 50.9 Å². The smallest absolute Gasteiger partial charge is 0.316 e. The van der Waals surface area contributed by atoms with E-state index in [-0.39, 0.29) is 48.1 Å². The lowest BCUT2D eigenvalue weighted by Crippen LogP contribution is -2.35. The van der Waals surface area contributed by atoms with Gasteiger partial charge in [0.25, 0.3) is 17.7 Å². The van der Waals surface area contributed by atoms with E-state index >= 15 is 4.39 Å². The van der Waals surface area contributed by atoms with E-state index in [0.717, 1.165) is 6.07 Å². The topological polar surface area (TPSA) is 113 Å². The van der Waals surface area contributed by atoms with E-state index in [1.54, 1.807) is 9.47 Å². The predicted molar refractivity (Wildman–Crippen MR) is 130 cm³/mol. The van der Waals surface area contributed by atoms with Crippen LogP contribution < -0.4 is 4.90 Å². The van der Waals surface area contributed by atoms with E-state index in [2.05, 4.69) is 24.6 Å². The van der Waals surface area contributed by atoms with Crippen LogP contribution in [0.5, 0.6) is 0 Å². The maximum absolute atomic E-state index is 15.2. The van der Waals surface area contributed by atoms with Gasteiger partial charge in [-0.2, -0.15) is 13.8 Å². The summed E-state index contributed by atoms with van der Waals surface area (Å²) >= 11 is 0. The van der Waals surface area contributed by atoms with Gasteiger partial charge in [0.15, 0.2) is 5.82 Å². The molecule has 206 valence electrons. The molecular weight excluding hydrogens is 522 g/mol. The molecule has 14 heteroatoms. The molecule has 1 amide bonds. The molecule has 0 radical (unpaired) electrons. The lowest BCUT2D eigenvalue weighted by atomic mass is 10.0. The number of aromatic nitrogens is 5. The molecule has 4 heterocycles. The molecular formula is C25H25F4N7O3. The number of carbonyl (C=O) groups is 1. The number of fused-ring (bicyclic) bond motifs is 1. The fourth-order valence-corrected chi connectivity index (χ4v) is 4.78. The van der Waals surface area contributed by atoms with Crippen molar-refractivity contribution in [2.45, 2.75) is 31.7 Å². The molecule has 10 nitrogen and oxygen atoms in total. The molecule has 1 aromatic carbocycles. The van der Waals surface area contributed by atoms with Crippen molar-refractivity contribution in [3.8, 4) is 0 Å². The first-order valence-corrected chi connectivity index (χ1v) is 12.3. The van der Waals surface area contributed by atoms with Crippen LogP contribution in [0.3, 0.4) is 0 Å². The second kappa shape index (κ2) is 11.0. The van der Waals surface area contributed by atoms with Gasteiger partial charge in [-0.15, -0.1) is 0 Å². The van der Waals surface area contributed by atoms with Gasteiger partial charge in [-0.05, 0) is 35.7 Å². The minimum atomic E-state index is -2.85. The SMILES string of the molecule is CN(CCO)C(=O)c1ccc(Cc2ncnc3c2c(F)cn3C2CCN(c3noc(C(F)F)n3)CC2)c(F)c1. The number of alkyl halides is 2. The van der Waals surface area contributed by atoms with Gasteiger partial charge >= 0.3 is 6.43 Å². The van der Waals surface area contributed by atoms with Crippen molar-refractivity contribution in [1.82, 2.24) is 29.6 Å². The number of likely N-dealkylation sites (N-methyl/N-ethyl adjacent to an activating group) is 1. The number of hydrogen-bond donors (Lipinski definition) is 1. The molecule has 1 fully saturated rings. The summed E-state index contributed by atoms with van der Waals surface area (Å²) in [5, 5.41) is 12.8. The summed E-state index contributed by atoms with van der Waals surface area (Å²) in [5.41, 5.74) is 1.04. The third-order valence-electron chi connectivity index (χ3n) is 6.84. The van der Waals surface area contributed by atoms with E-state index in [1.807, 2.05) is 0 Å². The van der Waals surface area contributed by atoms with Gasteiger partial charge < -0.3 is 24.0 Å². The first-order chi connectivity index (χ1) is 18.8. The van der Waals surface area contributed by atoms with Crippen LogP contribution >= 0.6 is 0 Å². The van der Waals surface area contributed by atoms with Crippen molar-refractivity contribution in [2.24, 2.45) is 0 Å². The Morgan fingerprint density at radius 2 is 1.97 bits per heavy atom. The van der Waals surface area contributed by atoms with E-state index in [1.165, 1.54) is 36.6 Å². The van der Waals surface area contributed by atoms with Crippen molar-refractivity contribution in [1.29, 1.82) is 0 Å². The number of halogens is 4. The summed E-state index contributed by atoms with van der Waals surface area (Å²) in [5.74, 6) is -2.25. The summed E-state index contributed by atoms with van der Waals surface area (Å²) in [6.45, 7) is 0.788. The Hall–Kier alpha value is -4.07. The Kier molecular flexibility index (Phi) is 7.46. The number of amides is 1. The average molecular weight is 548 g/mol. The molecule has 0 aliphatic carbocycles. The lowest BCUT2D eigenvalue weighted by molar-refractivity contribution is 0.0766. The van der Waals surface area contributed by atoms with Crippen molar-refractivity contribution in [2.75, 3.05) is 38.2 Å². The number of carbonyl (C=O) groups excluding carboxylic acids is 1. The van der Waals surface area contributed by atoms with Gasteiger partial charge in [-0.25, -0.2) is 18.7 Å². The molecule has 1 aliphatic heterocycles. The standard InChI is InChI=1S/C25H25F4N7O3/c1-34(8-9-37)24(38)15-3-2-14(17(26)10-15)11-19-20-18(27)12-36(22(20)31-13-30-19)16-4-6-35(7-5-16)25-32-23(21(28)29)39-33-25/h2-3,10,12-13,16,21,37H,4-9,11H2,1H3. The fraction of sp³-hybridized carbons (Fsp3) is 0.400. The van der Waals surface area contributed by atoms with Crippen LogP contribution in [-0.2, 0) is 6.42 Å². The molecule has 0 spiro atoms. The fourth-order valence-electron chi connectivity index (χ4n) is 4.78. The number of rotatable bonds is 8. The predicted octanol–water partition coefficient (Wildman–Crippen LogP) is 3.53. The third-order valence-corrected chi connectivity index (χ3v) is 6.84. The number of nitrogens with zero attached hydrogens (tertiary/aromatic N) is 7. The van der Waals surface area contributed by atoms with Crippen LogP contribution in [0.25, 0.3) is 11.0 Å². The van der Waals surface area contributed by atoms with Crippen molar-refractivity contribution in [3.05, 3.63) is 65.1 Å². The highest BCUT2D eigenvalue weighted by molar-refractivity contribution is 5.94. The monoisotopic (exact) mass is 547 g/mol. The molecule has 3 aromatic heterocycles. The number of piperidine rings is 1. The zero-order valence-corrected chi connectivity index (χ0v) is 20.9. The maximum Gasteiger partial charge on any atom is 0.316 e. The molecule has 1 aliphatic rings. The number of aliphatic hydroxyl groups excluding tert-OH is 1. The number of hydrogen-bond acceptors (Lipinski definition) is 8. The average Bonchev–Trinajstić information content (AvgIpc) is 3.56. The molecule has 0 atom stereocenters. The largest absolute Gasteiger partial charge is 0.395 e. The van der Waals surface area contributed by atoms with Gasteiger partial charge in [-0.3, -0.25) is 4.79 Å². The molecule has 1 N–H and O–H groups in total. The molecule has 4 aromatic rings. The summed E-state index contributed by atoms with van der Waals surface area (Å²) in [7, 11) is 1.51. The number of benzene rings is 1. The second-order valence-electron chi connectivity index (χ2n) is 9.29. The first kappa shape index (κ1) is 26.5. The van der Waals surface area contributed by atoms with E-state index in [0.29, 0.717) is 37.3 Å². The van der Waals surface area contributed by atoms with Gasteiger partial charge in [0.05, 0.1) is 17.7 Å². The zero-order chi connectivity index (χ0) is 27.7. The molecule has 5 rings (SSSR count). The lowest BCUT2D eigenvalue weighted by Gasteiger charge is -2.31. The first-order valence-electron chi connectivity index (χ1n) is 12.3. The van der Waals surface area contributed by atoms with Crippen LogP contribution in [-0.4, -0.2) is 73.9 Å². The van der Waals surface area contributed by atoms with Crippen molar-refractivity contribution >= 4 is 22.9 Å². The maximum atomic E-state index is 15.2. The second-order valence-corrected chi connectivity index (χ2v) is 9.29. The van der Waals surface area contributed by atoms with E-state index in [4.69, 9.17) is 5.11 Å². The van der Waals surface area contributed by atoms with E-state index in [9.17, 15) is 18.0 Å². The molecule has 0 saturated carbocycles. The van der Waals surface area contributed by atoms with Crippen LogP contribution in [0.2, 0.25) is 0 Å². The molecule has 0 unspecified atom stereocenters. The normalized spacial score (nSPS) is 14.5. The summed E-state index contributed by atoms with van der Waals surface area (Å²) in [6.07, 6.45) is 0.885. The Morgan fingerprint density at radius 3 is 2.64 bits per heavy atom. The van der Waals surface area contributed by atoms with Gasteiger partial charge in [-0.1, -0.05) is 6.07 Å². The highest BCUT2D eigenvalue weighted by Crippen LogP contribution is 2.32. The minimum Gasteiger partial charge on any atom is -0.395 e. The summed E-state index contributed by atoms with van der Waals surface area (Å²) < 4.78 is 62.0. The minimum absolute atomic E-state index is 0.0184. The van der Waals surface area contributed by atoms with Crippen LogP contribution in [0.4, 0.5) is 23.5 Å². The molecule has 39 heavy (non-hydrogen) atoms. The third kappa shape index (κ3) is 5.28. The zero-order valence-electron chi connectivity index (χ0n) is 20.9. The Morgan fingerprint density at radius 1 is 1.21 bits per heavy atom. The quantitative estimate of drug-likeness (QED) is 0.334. The highest BCUT2D eigenvalue weighted by atomic mass is 19.3. The Bertz CT molecular complexity index is 1480. The number of aliphatic hydroxyl groups is 1. The summed E-state index contributed by atoms with van der Waals surface area (Å²) in [6, 6.07) is 3.94. The molecule has 0 bridgehead atoms. The van der Waals surface area contributed by atoms with Crippen LogP contribution in [0.1, 0.15) is 52.8 Å². The summed E-state index contributed by atoms with van der Waals surface area (Å²) in [4.78, 5) is 27.6. The number of anilines is 1. The van der Waals surface area contributed by atoms with Gasteiger partial charge in [0.1, 0.15) is 17.8 Å². The van der Waals surface area contributed by atoms with Crippen molar-refractivity contribution < 1.29 is 32.0 Å². The molecule has 1 saturated heterocycles. The Labute approximate surface area is 219 Å². The van der Waals surface area contributed by atoms with Crippen LogP contribution in [0, 0.1) is 11.6 Å². The van der Waals surface area contributed by atoms with Gasteiger partial charge in [0.2, 0.25) is 0 Å². The highest BCUT2D eigenvalue weighted by Gasteiger charge is 2.28. The Balaban J connectivity index is 1.34. The van der Waals surface area contributed by atoms with E-state index < -0.39 is 29.9 Å². The van der Waals surface area contributed by atoms with Crippen LogP contribution in [0.15, 0.2) is 35.2 Å². The van der Waals surface area contributed by atoms with Crippen molar-refractivity contribution in [3.63, 3.8) is 0 Å².